The number of hydrogen-bond donors (Lipinski definition) is 2. The van der Waals surface area contributed by atoms with E-state index < -0.39 is 0 Å². The van der Waals surface area contributed by atoms with Gasteiger partial charge in [-0.3, -0.25) is 4.79 Å². The number of hydrogen-bond acceptors (Lipinski definition) is 3. The van der Waals surface area contributed by atoms with E-state index in [-0.39, 0.29) is 5.91 Å². The Kier molecular flexibility index (Phi) is 6.39. The highest BCUT2D eigenvalue weighted by Crippen LogP contribution is 2.14. The second kappa shape index (κ2) is 7.84. The molecule has 1 aromatic carbocycles. The molecule has 0 bridgehead atoms. The van der Waals surface area contributed by atoms with E-state index in [0.717, 1.165) is 30.9 Å². The number of carbonyl (C=O) groups is 1. The van der Waals surface area contributed by atoms with E-state index in [9.17, 15) is 4.79 Å². The van der Waals surface area contributed by atoms with E-state index in [4.69, 9.17) is 0 Å². The molecule has 1 aromatic rings. The highest BCUT2D eigenvalue weighted by atomic mass is 16.1. The van der Waals surface area contributed by atoms with Crippen molar-refractivity contribution in [1.82, 2.24) is 10.2 Å². The first-order valence-electron chi connectivity index (χ1n) is 6.36. The van der Waals surface area contributed by atoms with Crippen molar-refractivity contribution in [2.24, 2.45) is 0 Å². The van der Waals surface area contributed by atoms with Crippen molar-refractivity contribution < 1.29 is 4.79 Å². The van der Waals surface area contributed by atoms with Crippen molar-refractivity contribution in [1.29, 1.82) is 0 Å². The van der Waals surface area contributed by atoms with Crippen molar-refractivity contribution in [3.05, 3.63) is 29.8 Å². The summed E-state index contributed by atoms with van der Waals surface area (Å²) in [4.78, 5) is 13.8. The maximum atomic E-state index is 11.8. The Hall–Kier alpha value is -1.39. The van der Waals surface area contributed by atoms with Gasteiger partial charge >= 0.3 is 0 Å². The third-order valence-electron chi connectivity index (χ3n) is 2.64. The Morgan fingerprint density at radius 2 is 2.00 bits per heavy atom. The Morgan fingerprint density at radius 3 is 2.67 bits per heavy atom. The number of rotatable bonds is 7. The van der Waals surface area contributed by atoms with E-state index in [0.29, 0.717) is 6.42 Å². The van der Waals surface area contributed by atoms with Gasteiger partial charge in [-0.2, -0.15) is 0 Å². The molecule has 0 aliphatic rings. The molecule has 2 N–H and O–H groups in total. The summed E-state index contributed by atoms with van der Waals surface area (Å²) in [6.07, 6.45) is 0.516. The first-order valence-corrected chi connectivity index (χ1v) is 6.36. The largest absolute Gasteiger partial charge is 0.326 e. The summed E-state index contributed by atoms with van der Waals surface area (Å²) in [6, 6.07) is 7.91. The van der Waals surface area contributed by atoms with E-state index in [1.807, 2.05) is 43.3 Å². The summed E-state index contributed by atoms with van der Waals surface area (Å²) in [7, 11) is 3.93. The molecule has 0 unspecified atom stereocenters. The molecular formula is C14H23N3O. The highest BCUT2D eigenvalue weighted by molar-refractivity contribution is 5.91. The van der Waals surface area contributed by atoms with Crippen LogP contribution in [0, 0.1) is 0 Å². The molecule has 1 amide bonds. The summed E-state index contributed by atoms with van der Waals surface area (Å²) in [5.41, 5.74) is 2.03. The minimum absolute atomic E-state index is 0.0626. The molecule has 0 aliphatic carbocycles. The van der Waals surface area contributed by atoms with Crippen LogP contribution in [-0.2, 0) is 11.3 Å². The fourth-order valence-electron chi connectivity index (χ4n) is 1.59. The van der Waals surface area contributed by atoms with Gasteiger partial charge in [0.1, 0.15) is 0 Å². The van der Waals surface area contributed by atoms with Crippen LogP contribution in [0.2, 0.25) is 0 Å². The van der Waals surface area contributed by atoms with Crippen LogP contribution in [-0.4, -0.2) is 38.0 Å². The Morgan fingerprint density at radius 1 is 1.28 bits per heavy atom. The van der Waals surface area contributed by atoms with Gasteiger partial charge in [-0.25, -0.2) is 0 Å². The van der Waals surface area contributed by atoms with Crippen molar-refractivity contribution in [3.63, 3.8) is 0 Å². The number of carbonyl (C=O) groups excluding carboxylic acids is 1. The van der Waals surface area contributed by atoms with E-state index in [2.05, 4.69) is 17.6 Å². The molecule has 0 aliphatic heterocycles. The van der Waals surface area contributed by atoms with Gasteiger partial charge in [0.25, 0.3) is 0 Å². The standard InChI is InChI=1S/C14H23N3O/c1-4-15-11-12-7-5-6-8-13(12)16-14(18)9-10-17(2)3/h5-8,15H,4,9-11H2,1-3H3,(H,16,18). The van der Waals surface area contributed by atoms with Crippen LogP contribution in [0.1, 0.15) is 18.9 Å². The lowest BCUT2D eigenvalue weighted by Gasteiger charge is -2.13. The Bertz CT molecular complexity index is 377. The van der Waals surface area contributed by atoms with Gasteiger partial charge in [0, 0.05) is 25.2 Å². The fraction of sp³-hybridized carbons (Fsp3) is 0.500. The Labute approximate surface area is 109 Å². The van der Waals surface area contributed by atoms with Gasteiger partial charge in [-0.05, 0) is 32.3 Å². The topological polar surface area (TPSA) is 44.4 Å². The van der Waals surface area contributed by atoms with Gasteiger partial charge in [0.05, 0.1) is 0 Å². The van der Waals surface area contributed by atoms with Crippen LogP contribution in [0.25, 0.3) is 0 Å². The zero-order valence-corrected chi connectivity index (χ0v) is 11.5. The number of para-hydroxylation sites is 1. The molecule has 1 rings (SSSR count). The lowest BCUT2D eigenvalue weighted by molar-refractivity contribution is -0.116. The molecule has 0 aromatic heterocycles. The second-order valence-electron chi connectivity index (χ2n) is 4.54. The lowest BCUT2D eigenvalue weighted by Crippen LogP contribution is -2.22. The molecule has 0 radical (unpaired) electrons. The summed E-state index contributed by atoms with van der Waals surface area (Å²) in [5, 5.41) is 6.24. The Balaban J connectivity index is 2.57. The monoisotopic (exact) mass is 249 g/mol. The average Bonchev–Trinajstić information content (AvgIpc) is 2.35. The van der Waals surface area contributed by atoms with Crippen LogP contribution in [0.3, 0.4) is 0 Å². The van der Waals surface area contributed by atoms with Crippen LogP contribution in [0.5, 0.6) is 0 Å². The lowest BCUT2D eigenvalue weighted by atomic mass is 10.1. The van der Waals surface area contributed by atoms with E-state index >= 15 is 0 Å². The second-order valence-corrected chi connectivity index (χ2v) is 4.54. The zero-order valence-electron chi connectivity index (χ0n) is 11.5. The molecule has 0 saturated carbocycles. The number of benzene rings is 1. The molecule has 4 nitrogen and oxygen atoms in total. The van der Waals surface area contributed by atoms with Gasteiger partial charge < -0.3 is 15.5 Å². The minimum atomic E-state index is 0.0626. The van der Waals surface area contributed by atoms with Crippen molar-refractivity contribution in [2.75, 3.05) is 32.5 Å². The van der Waals surface area contributed by atoms with Crippen LogP contribution >= 0.6 is 0 Å². The average molecular weight is 249 g/mol. The number of nitrogens with one attached hydrogen (secondary N) is 2. The smallest absolute Gasteiger partial charge is 0.225 e. The minimum Gasteiger partial charge on any atom is -0.326 e. The molecule has 0 saturated heterocycles. The van der Waals surface area contributed by atoms with E-state index in [1.165, 1.54) is 0 Å². The fourth-order valence-corrected chi connectivity index (χ4v) is 1.59. The molecule has 0 fully saturated rings. The third kappa shape index (κ3) is 5.29. The van der Waals surface area contributed by atoms with Gasteiger partial charge in [-0.1, -0.05) is 25.1 Å². The predicted octanol–water partition coefficient (Wildman–Crippen LogP) is 1.69. The number of amides is 1. The maximum absolute atomic E-state index is 11.8. The third-order valence-corrected chi connectivity index (χ3v) is 2.64. The van der Waals surface area contributed by atoms with Gasteiger partial charge in [-0.15, -0.1) is 0 Å². The predicted molar refractivity (Wildman–Crippen MR) is 75.6 cm³/mol. The summed E-state index contributed by atoms with van der Waals surface area (Å²) < 4.78 is 0. The molecule has 18 heavy (non-hydrogen) atoms. The molecule has 100 valence electrons. The van der Waals surface area contributed by atoms with Crippen molar-refractivity contribution in [2.45, 2.75) is 19.9 Å². The number of nitrogens with zero attached hydrogens (tertiary/aromatic N) is 1. The molecule has 0 spiro atoms. The summed E-state index contributed by atoms with van der Waals surface area (Å²) in [5.74, 6) is 0.0626. The van der Waals surface area contributed by atoms with Crippen LogP contribution in [0.15, 0.2) is 24.3 Å². The normalized spacial score (nSPS) is 10.7. The maximum Gasteiger partial charge on any atom is 0.225 e. The summed E-state index contributed by atoms with van der Waals surface area (Å²) >= 11 is 0. The van der Waals surface area contributed by atoms with Gasteiger partial charge in [0.15, 0.2) is 0 Å². The first-order chi connectivity index (χ1) is 8.63. The van der Waals surface area contributed by atoms with Gasteiger partial charge in [0.2, 0.25) is 5.91 Å². The summed E-state index contributed by atoms with van der Waals surface area (Å²) in [6.45, 7) is 4.53. The first kappa shape index (κ1) is 14.7. The van der Waals surface area contributed by atoms with Crippen LogP contribution in [0.4, 0.5) is 5.69 Å². The number of anilines is 1. The van der Waals surface area contributed by atoms with Crippen molar-refractivity contribution >= 4 is 11.6 Å². The highest BCUT2D eigenvalue weighted by Gasteiger charge is 2.06. The molecular weight excluding hydrogens is 226 g/mol. The molecule has 0 heterocycles. The SMILES string of the molecule is CCNCc1ccccc1NC(=O)CCN(C)C. The van der Waals surface area contributed by atoms with Crippen molar-refractivity contribution in [3.8, 4) is 0 Å². The van der Waals surface area contributed by atoms with E-state index in [1.54, 1.807) is 0 Å². The molecule has 4 heteroatoms. The molecule has 0 atom stereocenters. The quantitative estimate of drug-likeness (QED) is 0.773. The van der Waals surface area contributed by atoms with Crippen LogP contribution < -0.4 is 10.6 Å². The zero-order chi connectivity index (χ0) is 13.4.